The number of aryl methyl sites for hydroxylation is 2. The number of nitrogens with zero attached hydrogens (tertiary/aromatic N) is 3. The van der Waals surface area contributed by atoms with Crippen LogP contribution in [-0.2, 0) is 33.8 Å². The number of hydrogen-bond donors (Lipinski definition) is 1. The summed E-state index contributed by atoms with van der Waals surface area (Å²) in [5.74, 6) is 0.456. The summed E-state index contributed by atoms with van der Waals surface area (Å²) in [6.07, 6.45) is 2.06. The van der Waals surface area contributed by atoms with Crippen molar-refractivity contribution in [1.82, 2.24) is 15.0 Å². The van der Waals surface area contributed by atoms with Crippen LogP contribution in [0.15, 0.2) is 53.1 Å². The van der Waals surface area contributed by atoms with Crippen molar-refractivity contribution < 1.29 is 18.9 Å². The molecule has 1 aliphatic rings. The van der Waals surface area contributed by atoms with E-state index in [9.17, 15) is 14.4 Å². The Balaban J connectivity index is 1.27. The molecule has 8 heteroatoms. The summed E-state index contributed by atoms with van der Waals surface area (Å²) in [7, 11) is 0. The molecule has 32 heavy (non-hydrogen) atoms. The van der Waals surface area contributed by atoms with Crippen LogP contribution in [-0.4, -0.2) is 32.8 Å². The highest BCUT2D eigenvalue weighted by Gasteiger charge is 2.28. The lowest BCUT2D eigenvalue weighted by molar-refractivity contribution is -0.139. The fraction of sp³-hybridized carbons (Fsp3) is 0.292. The van der Waals surface area contributed by atoms with Crippen LogP contribution in [0, 0.1) is 0 Å². The van der Waals surface area contributed by atoms with E-state index in [0.29, 0.717) is 23.8 Å². The quantitative estimate of drug-likeness (QED) is 0.546. The second-order valence-electron chi connectivity index (χ2n) is 7.68. The molecule has 1 N–H and O–H groups in total. The van der Waals surface area contributed by atoms with Crippen LogP contribution in [0.25, 0.3) is 11.4 Å². The van der Waals surface area contributed by atoms with Gasteiger partial charge in [0.1, 0.15) is 0 Å². The fourth-order valence-electron chi connectivity index (χ4n) is 3.48. The molecule has 0 unspecified atom stereocenters. The van der Waals surface area contributed by atoms with Gasteiger partial charge >= 0.3 is 0 Å². The Labute approximate surface area is 185 Å². The number of rotatable bonds is 8. The first-order valence-electron chi connectivity index (χ1n) is 10.7. The lowest BCUT2D eigenvalue weighted by Gasteiger charge is -2.14. The monoisotopic (exact) mass is 432 g/mol. The van der Waals surface area contributed by atoms with Gasteiger partial charge in [0.15, 0.2) is 0 Å². The molecule has 0 spiro atoms. The number of carbonyl (C=O) groups excluding carboxylic acids is 3. The maximum absolute atomic E-state index is 12.3. The van der Waals surface area contributed by atoms with E-state index in [0.717, 1.165) is 17.5 Å². The van der Waals surface area contributed by atoms with Crippen LogP contribution in [0.3, 0.4) is 0 Å². The van der Waals surface area contributed by atoms with Crippen molar-refractivity contribution in [3.63, 3.8) is 0 Å². The second kappa shape index (κ2) is 9.55. The highest BCUT2D eigenvalue weighted by atomic mass is 16.5. The summed E-state index contributed by atoms with van der Waals surface area (Å²) in [5, 5.41) is 6.82. The van der Waals surface area contributed by atoms with Crippen molar-refractivity contribution in [2.75, 3.05) is 5.32 Å². The van der Waals surface area contributed by atoms with Gasteiger partial charge in [-0.15, -0.1) is 0 Å². The van der Waals surface area contributed by atoms with Gasteiger partial charge < -0.3 is 9.84 Å². The minimum absolute atomic E-state index is 0.144. The normalized spacial score (nSPS) is 13.6. The maximum atomic E-state index is 12.3. The third kappa shape index (κ3) is 5.08. The van der Waals surface area contributed by atoms with E-state index in [1.54, 1.807) is 24.3 Å². The van der Waals surface area contributed by atoms with E-state index in [4.69, 9.17) is 4.52 Å². The number of amides is 3. The van der Waals surface area contributed by atoms with Crippen LogP contribution >= 0.6 is 0 Å². The molecule has 3 amide bonds. The predicted octanol–water partition coefficient (Wildman–Crippen LogP) is 3.52. The van der Waals surface area contributed by atoms with Crippen molar-refractivity contribution in [3.05, 3.63) is 65.5 Å². The summed E-state index contributed by atoms with van der Waals surface area (Å²) >= 11 is 0. The van der Waals surface area contributed by atoms with Gasteiger partial charge in [0.05, 0.1) is 6.54 Å². The summed E-state index contributed by atoms with van der Waals surface area (Å²) in [6, 6.07) is 15.1. The number of aromatic nitrogens is 2. The number of nitrogens with one attached hydrogen (secondary N) is 1. The van der Waals surface area contributed by atoms with Gasteiger partial charge in [0.2, 0.25) is 29.4 Å². The second-order valence-corrected chi connectivity index (χ2v) is 7.68. The Kier molecular flexibility index (Phi) is 6.39. The summed E-state index contributed by atoms with van der Waals surface area (Å²) in [6.45, 7) is 2.35. The third-order valence-corrected chi connectivity index (χ3v) is 5.39. The smallest absolute Gasteiger partial charge is 0.229 e. The summed E-state index contributed by atoms with van der Waals surface area (Å²) in [4.78, 5) is 41.4. The largest absolute Gasteiger partial charge is 0.339 e. The van der Waals surface area contributed by atoms with Gasteiger partial charge in [-0.25, -0.2) is 0 Å². The number of imide groups is 1. The molecular weight excluding hydrogens is 408 g/mol. The summed E-state index contributed by atoms with van der Waals surface area (Å²) < 4.78 is 5.27. The molecule has 0 aliphatic carbocycles. The average molecular weight is 432 g/mol. The zero-order valence-electron chi connectivity index (χ0n) is 17.8. The van der Waals surface area contributed by atoms with Crippen molar-refractivity contribution >= 4 is 23.4 Å². The zero-order valence-corrected chi connectivity index (χ0v) is 17.8. The first-order chi connectivity index (χ1) is 15.5. The summed E-state index contributed by atoms with van der Waals surface area (Å²) in [5.41, 5.74) is 3.58. The van der Waals surface area contributed by atoms with Crippen molar-refractivity contribution in [2.45, 2.75) is 45.6 Å². The third-order valence-electron chi connectivity index (χ3n) is 5.39. The Morgan fingerprint density at radius 3 is 2.31 bits per heavy atom. The van der Waals surface area contributed by atoms with Gasteiger partial charge in [-0.3, -0.25) is 19.3 Å². The van der Waals surface area contributed by atoms with Gasteiger partial charge in [0, 0.05) is 36.9 Å². The SMILES string of the molecule is CCc1ccc(-c2noc(CCC(=O)Nc3ccc(CN4C(=O)CCC4=O)cc3)n2)cc1. The Hall–Kier alpha value is -3.81. The van der Waals surface area contributed by atoms with Crippen LogP contribution < -0.4 is 5.32 Å². The molecule has 1 saturated heterocycles. The van der Waals surface area contributed by atoms with Gasteiger partial charge in [-0.1, -0.05) is 48.5 Å². The minimum Gasteiger partial charge on any atom is -0.339 e. The standard InChI is InChI=1S/C24H24N4O4/c1-2-16-3-7-18(8-4-16)24-26-21(32-27-24)12-11-20(29)25-19-9-5-17(6-10-19)15-28-22(30)13-14-23(28)31/h3-10H,2,11-15H2,1H3,(H,25,29). The molecule has 2 aromatic carbocycles. The van der Waals surface area contributed by atoms with E-state index in [1.807, 2.05) is 24.3 Å². The van der Waals surface area contributed by atoms with Crippen molar-refractivity contribution in [2.24, 2.45) is 0 Å². The number of anilines is 1. The molecule has 3 aromatic rings. The lowest BCUT2D eigenvalue weighted by Crippen LogP contribution is -2.28. The molecule has 2 heterocycles. The molecule has 1 fully saturated rings. The molecule has 8 nitrogen and oxygen atoms in total. The van der Waals surface area contributed by atoms with Crippen molar-refractivity contribution in [1.29, 1.82) is 0 Å². The Morgan fingerprint density at radius 2 is 1.66 bits per heavy atom. The van der Waals surface area contributed by atoms with E-state index in [1.165, 1.54) is 10.5 Å². The number of hydrogen-bond acceptors (Lipinski definition) is 6. The van der Waals surface area contributed by atoms with Crippen molar-refractivity contribution in [3.8, 4) is 11.4 Å². The first kappa shape index (κ1) is 21.4. The zero-order chi connectivity index (χ0) is 22.5. The van der Waals surface area contributed by atoms with Crippen LogP contribution in [0.4, 0.5) is 5.69 Å². The predicted molar refractivity (Wildman–Crippen MR) is 117 cm³/mol. The molecule has 164 valence electrons. The fourth-order valence-corrected chi connectivity index (χ4v) is 3.48. The minimum atomic E-state index is -0.172. The van der Waals surface area contributed by atoms with Gasteiger partial charge in [-0.2, -0.15) is 4.98 Å². The average Bonchev–Trinajstić information content (AvgIpc) is 3.41. The molecule has 1 aliphatic heterocycles. The van der Waals surface area contributed by atoms with Crippen LogP contribution in [0.1, 0.15) is 43.2 Å². The molecule has 4 rings (SSSR count). The number of benzene rings is 2. The van der Waals surface area contributed by atoms with E-state index < -0.39 is 0 Å². The molecule has 0 atom stereocenters. The Bertz CT molecular complexity index is 1100. The highest BCUT2D eigenvalue weighted by molar-refractivity contribution is 6.01. The van der Waals surface area contributed by atoms with E-state index >= 15 is 0 Å². The molecule has 0 saturated carbocycles. The number of carbonyl (C=O) groups is 3. The highest BCUT2D eigenvalue weighted by Crippen LogP contribution is 2.19. The topological polar surface area (TPSA) is 105 Å². The molecule has 0 radical (unpaired) electrons. The van der Waals surface area contributed by atoms with Crippen LogP contribution in [0.5, 0.6) is 0 Å². The molecular formula is C24H24N4O4. The van der Waals surface area contributed by atoms with Crippen LogP contribution in [0.2, 0.25) is 0 Å². The van der Waals surface area contributed by atoms with Gasteiger partial charge in [-0.05, 0) is 29.7 Å². The Morgan fingerprint density at radius 1 is 1.00 bits per heavy atom. The van der Waals surface area contributed by atoms with E-state index in [2.05, 4.69) is 22.4 Å². The first-order valence-corrected chi connectivity index (χ1v) is 10.7. The molecule has 1 aromatic heterocycles. The maximum Gasteiger partial charge on any atom is 0.229 e. The van der Waals surface area contributed by atoms with E-state index in [-0.39, 0.29) is 43.5 Å². The van der Waals surface area contributed by atoms with Gasteiger partial charge in [0.25, 0.3) is 0 Å². The molecule has 0 bridgehead atoms. The lowest BCUT2D eigenvalue weighted by atomic mass is 10.1. The number of likely N-dealkylation sites (tertiary alicyclic amines) is 1.